The van der Waals surface area contributed by atoms with Gasteiger partial charge in [0.2, 0.25) is 5.95 Å². The van der Waals surface area contributed by atoms with E-state index in [0.29, 0.717) is 11.6 Å². The van der Waals surface area contributed by atoms with E-state index in [1.165, 1.54) is 18.7 Å². The van der Waals surface area contributed by atoms with Gasteiger partial charge in [-0.05, 0) is 31.0 Å². The van der Waals surface area contributed by atoms with Gasteiger partial charge in [0.25, 0.3) is 10.0 Å². The molecule has 0 amide bonds. The van der Waals surface area contributed by atoms with E-state index >= 15 is 0 Å². The van der Waals surface area contributed by atoms with Crippen LogP contribution < -0.4 is 15.9 Å². The van der Waals surface area contributed by atoms with E-state index in [4.69, 9.17) is 10.1 Å². The van der Waals surface area contributed by atoms with Crippen molar-refractivity contribution < 1.29 is 8.42 Å². The lowest BCUT2D eigenvalue weighted by atomic mass is 9.82. The third kappa shape index (κ3) is 3.12. The van der Waals surface area contributed by atoms with E-state index in [1.807, 2.05) is 12.3 Å². The Kier molecular flexibility index (Phi) is 4.03. The molecule has 1 spiro atoms. The molecule has 0 saturated heterocycles. The van der Waals surface area contributed by atoms with Crippen molar-refractivity contribution in [2.24, 2.45) is 10.2 Å². The highest BCUT2D eigenvalue weighted by molar-refractivity contribution is 7.89. The molecule has 0 unspecified atom stereocenters. The highest BCUT2D eigenvalue weighted by atomic mass is 32.2. The van der Waals surface area contributed by atoms with E-state index in [-0.39, 0.29) is 10.6 Å². The molecule has 1 aliphatic heterocycles. The van der Waals surface area contributed by atoms with Crippen LogP contribution in [0, 0.1) is 0 Å². The number of primary sulfonamides is 1. The Bertz CT molecular complexity index is 1210. The molecule has 29 heavy (non-hydrogen) atoms. The van der Waals surface area contributed by atoms with Crippen LogP contribution in [0.4, 0.5) is 17.5 Å². The number of anilines is 3. The summed E-state index contributed by atoms with van der Waals surface area (Å²) in [7, 11) is -3.83. The lowest BCUT2D eigenvalue weighted by molar-refractivity contribution is 0.293. The van der Waals surface area contributed by atoms with Crippen molar-refractivity contribution in [1.82, 2.24) is 19.5 Å². The van der Waals surface area contributed by atoms with Gasteiger partial charge in [-0.15, -0.1) is 0 Å². The number of fused-ring (bicyclic) bond motifs is 4. The average molecular weight is 412 g/mol. The predicted molar refractivity (Wildman–Crippen MR) is 110 cm³/mol. The fourth-order valence-electron chi connectivity index (χ4n) is 4.13. The van der Waals surface area contributed by atoms with Crippen molar-refractivity contribution in [3.05, 3.63) is 30.6 Å². The normalized spacial score (nSPS) is 17.8. The van der Waals surface area contributed by atoms with E-state index in [1.54, 1.807) is 12.3 Å². The summed E-state index contributed by atoms with van der Waals surface area (Å²) in [6, 6.07) is 4.92. The number of hydrogen-bond acceptors (Lipinski definition) is 8. The second-order valence-electron chi connectivity index (χ2n) is 7.43. The van der Waals surface area contributed by atoms with Gasteiger partial charge in [-0.1, -0.05) is 19.3 Å². The van der Waals surface area contributed by atoms with Crippen molar-refractivity contribution in [3.63, 3.8) is 0 Å². The number of hydrogen-bond donors (Lipinski definition) is 3. The molecule has 11 heteroatoms. The maximum atomic E-state index is 11.4. The summed E-state index contributed by atoms with van der Waals surface area (Å²) in [6.45, 7) is 0. The van der Waals surface area contributed by atoms with Crippen LogP contribution >= 0.6 is 0 Å². The number of rotatable bonds is 3. The fraction of sp³-hybridized carbons (Fsp3) is 0.333. The van der Waals surface area contributed by atoms with Gasteiger partial charge >= 0.3 is 0 Å². The summed E-state index contributed by atoms with van der Waals surface area (Å²) in [5.41, 5.74) is 4.31. The summed E-state index contributed by atoms with van der Waals surface area (Å²) < 4.78 is 24.9. The van der Waals surface area contributed by atoms with Gasteiger partial charge in [-0.2, -0.15) is 10.1 Å². The van der Waals surface area contributed by atoms with Gasteiger partial charge in [0.15, 0.2) is 5.03 Å². The SMILES string of the molecule is NS(=O)(=O)c1ccc(Nc2ncc3cc4n(c3n2)C2(C=NN4)CCCCC2)cn1. The Morgan fingerprint density at radius 1 is 1.14 bits per heavy atom. The van der Waals surface area contributed by atoms with Crippen LogP contribution in [0.2, 0.25) is 0 Å². The van der Waals surface area contributed by atoms with Crippen molar-refractivity contribution in [2.45, 2.75) is 42.7 Å². The first-order valence-electron chi connectivity index (χ1n) is 9.40. The quantitative estimate of drug-likeness (QED) is 0.599. The molecular weight excluding hydrogens is 392 g/mol. The molecule has 0 aromatic carbocycles. The molecule has 1 fully saturated rings. The minimum Gasteiger partial charge on any atom is -0.323 e. The number of nitrogens with one attached hydrogen (secondary N) is 2. The van der Waals surface area contributed by atoms with E-state index in [2.05, 4.69) is 30.4 Å². The van der Waals surface area contributed by atoms with Gasteiger partial charge in [0.05, 0.1) is 23.6 Å². The second-order valence-corrected chi connectivity index (χ2v) is 8.94. The molecule has 0 atom stereocenters. The third-order valence-electron chi connectivity index (χ3n) is 5.47. The summed E-state index contributed by atoms with van der Waals surface area (Å²) in [5.74, 6) is 1.31. The molecular formula is C18H20N8O2S. The van der Waals surface area contributed by atoms with E-state index in [9.17, 15) is 8.42 Å². The monoisotopic (exact) mass is 412 g/mol. The molecule has 1 aliphatic carbocycles. The molecule has 2 aliphatic rings. The van der Waals surface area contributed by atoms with Crippen LogP contribution in [-0.2, 0) is 15.6 Å². The standard InChI is InChI=1S/C18H20N8O2S/c19-29(27,28)15-5-4-13(10-20-15)23-17-21-9-12-8-14-25-22-11-18(6-2-1-3-7-18)26(14)16(12)24-17/h4-5,8-11,25H,1-3,6-7H2,(H2,19,27,28)(H,21,23,24). The molecule has 5 rings (SSSR count). The molecule has 0 bridgehead atoms. The predicted octanol–water partition coefficient (Wildman–Crippen LogP) is 2.29. The first-order valence-corrected chi connectivity index (χ1v) is 10.9. The van der Waals surface area contributed by atoms with Crippen molar-refractivity contribution in [2.75, 3.05) is 10.7 Å². The van der Waals surface area contributed by atoms with Crippen LogP contribution in [0.3, 0.4) is 0 Å². The Hall–Kier alpha value is -3.05. The first-order chi connectivity index (χ1) is 13.9. The molecule has 1 saturated carbocycles. The molecule has 150 valence electrons. The maximum Gasteiger partial charge on any atom is 0.255 e. The molecule has 4 heterocycles. The molecule has 3 aromatic rings. The average Bonchev–Trinajstić information content (AvgIpc) is 3.08. The minimum absolute atomic E-state index is 0.162. The third-order valence-corrected chi connectivity index (χ3v) is 6.30. The smallest absolute Gasteiger partial charge is 0.255 e. The van der Waals surface area contributed by atoms with Crippen LogP contribution in [0.1, 0.15) is 32.1 Å². The Morgan fingerprint density at radius 2 is 1.97 bits per heavy atom. The molecule has 10 nitrogen and oxygen atoms in total. The number of nitrogens with zero attached hydrogens (tertiary/aromatic N) is 5. The van der Waals surface area contributed by atoms with Crippen LogP contribution in [-0.4, -0.2) is 34.2 Å². The van der Waals surface area contributed by atoms with Crippen LogP contribution in [0.25, 0.3) is 11.0 Å². The maximum absolute atomic E-state index is 11.4. The van der Waals surface area contributed by atoms with Gasteiger partial charge in [-0.3, -0.25) is 9.99 Å². The number of hydrazone groups is 1. The molecule has 3 aromatic heterocycles. The number of pyridine rings is 1. The van der Waals surface area contributed by atoms with Crippen LogP contribution in [0.15, 0.2) is 40.7 Å². The first kappa shape index (κ1) is 18.0. The summed E-state index contributed by atoms with van der Waals surface area (Å²) >= 11 is 0. The zero-order valence-electron chi connectivity index (χ0n) is 15.5. The van der Waals surface area contributed by atoms with Crippen LogP contribution in [0.5, 0.6) is 0 Å². The second kappa shape index (κ2) is 6.49. The summed E-state index contributed by atoms with van der Waals surface area (Å²) in [5, 5.41) is 13.3. The molecule has 0 radical (unpaired) electrons. The Labute approximate surface area is 167 Å². The number of nitrogens with two attached hydrogens (primary N) is 1. The largest absolute Gasteiger partial charge is 0.323 e. The zero-order chi connectivity index (χ0) is 20.1. The van der Waals surface area contributed by atoms with Crippen molar-refractivity contribution in [3.8, 4) is 0 Å². The summed E-state index contributed by atoms with van der Waals surface area (Å²) in [6.07, 6.45) is 10.8. The van der Waals surface area contributed by atoms with Crippen molar-refractivity contribution in [1.29, 1.82) is 0 Å². The van der Waals surface area contributed by atoms with E-state index < -0.39 is 10.0 Å². The van der Waals surface area contributed by atoms with Gasteiger partial charge in [-0.25, -0.2) is 23.5 Å². The highest BCUT2D eigenvalue weighted by Crippen LogP contribution is 2.41. The minimum atomic E-state index is -3.83. The highest BCUT2D eigenvalue weighted by Gasteiger charge is 2.37. The van der Waals surface area contributed by atoms with Gasteiger partial charge in [0.1, 0.15) is 11.5 Å². The van der Waals surface area contributed by atoms with E-state index in [0.717, 1.165) is 42.5 Å². The van der Waals surface area contributed by atoms with Crippen molar-refractivity contribution >= 4 is 44.7 Å². The van der Waals surface area contributed by atoms with Gasteiger partial charge in [0, 0.05) is 11.6 Å². The fourth-order valence-corrected chi connectivity index (χ4v) is 4.58. The summed E-state index contributed by atoms with van der Waals surface area (Å²) in [4.78, 5) is 13.0. The lowest BCUT2D eigenvalue weighted by Gasteiger charge is -2.38. The van der Waals surface area contributed by atoms with Gasteiger partial charge < -0.3 is 5.32 Å². The number of aromatic nitrogens is 4. The molecule has 4 N–H and O–H groups in total. The zero-order valence-corrected chi connectivity index (χ0v) is 16.4. The number of sulfonamides is 1. The topological polar surface area (TPSA) is 140 Å². The Morgan fingerprint density at radius 3 is 2.69 bits per heavy atom. The Balaban J connectivity index is 1.52. The lowest BCUT2D eigenvalue weighted by Crippen LogP contribution is -2.40.